The quantitative estimate of drug-likeness (QED) is 0.642. The molecule has 0 aromatic heterocycles. The van der Waals surface area contributed by atoms with Crippen LogP contribution in [0, 0.1) is 0 Å². The van der Waals surface area contributed by atoms with E-state index in [-0.39, 0.29) is 12.8 Å². The molecule has 112 valence electrons. The van der Waals surface area contributed by atoms with Gasteiger partial charge in [-0.2, -0.15) is 17.2 Å². The van der Waals surface area contributed by atoms with Gasteiger partial charge in [-0.15, -0.1) is 0 Å². The van der Waals surface area contributed by atoms with E-state index in [2.05, 4.69) is 4.74 Å². The zero-order chi connectivity index (χ0) is 15.4. The van der Waals surface area contributed by atoms with Crippen molar-refractivity contribution in [2.24, 2.45) is 0 Å². The van der Waals surface area contributed by atoms with Crippen LogP contribution in [-0.2, 0) is 26.1 Å². The van der Waals surface area contributed by atoms with E-state index in [1.165, 1.54) is 0 Å². The van der Waals surface area contributed by atoms with Crippen LogP contribution in [0.25, 0.3) is 0 Å². The van der Waals surface area contributed by atoms with E-state index in [1.807, 2.05) is 0 Å². The van der Waals surface area contributed by atoms with Gasteiger partial charge in [-0.25, -0.2) is 0 Å². The van der Waals surface area contributed by atoms with Crippen molar-refractivity contribution in [3.05, 3.63) is 35.9 Å². The number of halogens is 2. The highest BCUT2D eigenvalue weighted by Crippen LogP contribution is 2.27. The number of carbonyl (C=O) groups excluding carboxylic acids is 1. The summed E-state index contributed by atoms with van der Waals surface area (Å²) < 4.78 is 59.9. The van der Waals surface area contributed by atoms with Crippen LogP contribution in [0.4, 0.5) is 8.78 Å². The average molecular weight is 308 g/mol. The normalized spacial score (nSPS) is 13.8. The van der Waals surface area contributed by atoms with Gasteiger partial charge in [-0.05, 0) is 18.9 Å². The lowest BCUT2D eigenvalue weighted by molar-refractivity contribution is -0.159. The summed E-state index contributed by atoms with van der Waals surface area (Å²) in [5.41, 5.74) is 0.818. The molecule has 8 heteroatoms. The highest BCUT2D eigenvalue weighted by molar-refractivity contribution is 7.86. The highest BCUT2D eigenvalue weighted by atomic mass is 32.2. The molecule has 0 aliphatic carbocycles. The fraction of sp³-hybridized carbons (Fsp3) is 0.417. The second-order valence-electron chi connectivity index (χ2n) is 4.15. The summed E-state index contributed by atoms with van der Waals surface area (Å²) >= 11 is 0. The van der Waals surface area contributed by atoms with E-state index in [0.717, 1.165) is 5.56 Å². The second kappa shape index (κ2) is 6.27. The number of benzene rings is 1. The van der Waals surface area contributed by atoms with Crippen LogP contribution >= 0.6 is 0 Å². The molecule has 1 N–H and O–H groups in total. The number of alkyl halides is 2. The Labute approximate surface area is 115 Å². The number of rotatable bonds is 6. The highest BCUT2D eigenvalue weighted by Gasteiger charge is 2.51. The Balaban J connectivity index is 2.55. The second-order valence-corrected chi connectivity index (χ2v) is 5.65. The lowest BCUT2D eigenvalue weighted by Crippen LogP contribution is -2.42. The minimum atomic E-state index is -5.62. The van der Waals surface area contributed by atoms with Crippen LogP contribution in [-0.4, -0.2) is 30.3 Å². The molecule has 0 saturated carbocycles. The molecule has 1 rings (SSSR count). The molecule has 0 radical (unpaired) electrons. The van der Waals surface area contributed by atoms with Gasteiger partial charge in [-0.3, -0.25) is 9.35 Å². The molecule has 0 aliphatic heterocycles. The Hall–Kier alpha value is -1.54. The van der Waals surface area contributed by atoms with Crippen molar-refractivity contribution in [2.75, 3.05) is 0 Å². The van der Waals surface area contributed by atoms with Crippen molar-refractivity contribution < 1.29 is 31.3 Å². The third-order valence-electron chi connectivity index (χ3n) is 2.59. The zero-order valence-corrected chi connectivity index (χ0v) is 11.4. The van der Waals surface area contributed by atoms with E-state index in [4.69, 9.17) is 4.55 Å². The van der Waals surface area contributed by atoms with Gasteiger partial charge in [-0.1, -0.05) is 30.3 Å². The first-order chi connectivity index (χ1) is 9.14. The SMILES string of the molecule is CC(OC(=O)CCc1ccccc1)C(F)(F)S(=O)(=O)O. The summed E-state index contributed by atoms with van der Waals surface area (Å²) in [6, 6.07) is 8.81. The van der Waals surface area contributed by atoms with Gasteiger partial charge in [0.25, 0.3) is 0 Å². The van der Waals surface area contributed by atoms with Gasteiger partial charge in [0.05, 0.1) is 0 Å². The van der Waals surface area contributed by atoms with Crippen LogP contribution in [0.1, 0.15) is 18.9 Å². The van der Waals surface area contributed by atoms with E-state index in [9.17, 15) is 22.0 Å². The Morgan fingerprint density at radius 2 is 1.90 bits per heavy atom. The van der Waals surface area contributed by atoms with Gasteiger partial charge in [0, 0.05) is 6.42 Å². The summed E-state index contributed by atoms with van der Waals surface area (Å²) in [5, 5.41) is -4.53. The van der Waals surface area contributed by atoms with Crippen LogP contribution in [0.2, 0.25) is 0 Å². The smallest absolute Gasteiger partial charge is 0.405 e. The molecule has 1 unspecified atom stereocenters. The fourth-order valence-corrected chi connectivity index (χ4v) is 1.89. The van der Waals surface area contributed by atoms with Gasteiger partial charge >= 0.3 is 21.3 Å². The molecule has 0 heterocycles. The van der Waals surface area contributed by atoms with Crippen LogP contribution in [0.15, 0.2) is 30.3 Å². The van der Waals surface area contributed by atoms with Crippen molar-refractivity contribution in [1.82, 2.24) is 0 Å². The Morgan fingerprint density at radius 1 is 1.35 bits per heavy atom. The molecule has 1 atom stereocenters. The van der Waals surface area contributed by atoms with Crippen molar-refractivity contribution in [2.45, 2.75) is 31.1 Å². The molecule has 20 heavy (non-hydrogen) atoms. The Kier molecular flexibility index (Phi) is 5.18. The predicted octanol–water partition coefficient (Wildman–Crippen LogP) is 2.03. The predicted molar refractivity (Wildman–Crippen MR) is 66.8 cm³/mol. The van der Waals surface area contributed by atoms with Crippen LogP contribution in [0.3, 0.4) is 0 Å². The molecular weight excluding hydrogens is 294 g/mol. The summed E-state index contributed by atoms with van der Waals surface area (Å²) in [6.07, 6.45) is -2.15. The third-order valence-corrected chi connectivity index (χ3v) is 3.61. The van der Waals surface area contributed by atoms with Crippen molar-refractivity contribution >= 4 is 16.1 Å². The number of ether oxygens (including phenoxy) is 1. The first kappa shape index (κ1) is 16.5. The molecule has 5 nitrogen and oxygen atoms in total. The van der Waals surface area contributed by atoms with Gasteiger partial charge in [0.2, 0.25) is 0 Å². The summed E-state index contributed by atoms with van der Waals surface area (Å²) in [7, 11) is -5.62. The van der Waals surface area contributed by atoms with Gasteiger partial charge in [0.1, 0.15) is 0 Å². The van der Waals surface area contributed by atoms with Crippen molar-refractivity contribution in [1.29, 1.82) is 0 Å². The van der Waals surface area contributed by atoms with E-state index in [0.29, 0.717) is 6.92 Å². The molecule has 0 aliphatic rings. The molecule has 0 saturated heterocycles. The maximum absolute atomic E-state index is 13.1. The number of hydrogen-bond acceptors (Lipinski definition) is 4. The number of hydrogen-bond donors (Lipinski definition) is 1. The summed E-state index contributed by atoms with van der Waals surface area (Å²) in [5.74, 6) is -0.968. The molecule has 0 bridgehead atoms. The molecule has 0 spiro atoms. The van der Waals surface area contributed by atoms with E-state index < -0.39 is 27.4 Å². The maximum atomic E-state index is 13.1. The summed E-state index contributed by atoms with van der Waals surface area (Å²) in [6.45, 7) is 0.703. The molecular formula is C12H14F2O5S. The zero-order valence-electron chi connectivity index (χ0n) is 10.6. The number of aryl methyl sites for hydroxylation is 1. The first-order valence-electron chi connectivity index (χ1n) is 5.73. The van der Waals surface area contributed by atoms with E-state index >= 15 is 0 Å². The fourth-order valence-electron chi connectivity index (χ4n) is 1.43. The first-order valence-corrected chi connectivity index (χ1v) is 7.17. The Morgan fingerprint density at radius 3 is 2.40 bits per heavy atom. The number of esters is 1. The standard InChI is InChI=1S/C12H14F2O5S/c1-9(12(13,14)20(16,17)18)19-11(15)8-7-10-5-3-2-4-6-10/h2-6,9H,7-8H2,1H3,(H,16,17,18). The molecule has 0 fully saturated rings. The maximum Gasteiger partial charge on any atom is 0.405 e. The van der Waals surface area contributed by atoms with E-state index in [1.54, 1.807) is 30.3 Å². The topological polar surface area (TPSA) is 80.7 Å². The molecule has 1 aromatic rings. The Bertz CT molecular complexity index is 556. The minimum absolute atomic E-state index is 0.171. The van der Waals surface area contributed by atoms with Crippen molar-refractivity contribution in [3.63, 3.8) is 0 Å². The lowest BCUT2D eigenvalue weighted by Gasteiger charge is -2.20. The summed E-state index contributed by atoms with van der Waals surface area (Å²) in [4.78, 5) is 11.4. The van der Waals surface area contributed by atoms with Gasteiger partial charge < -0.3 is 4.74 Å². The third kappa shape index (κ3) is 4.24. The molecule has 0 amide bonds. The lowest BCUT2D eigenvalue weighted by atomic mass is 10.1. The van der Waals surface area contributed by atoms with Gasteiger partial charge in [0.15, 0.2) is 6.10 Å². The van der Waals surface area contributed by atoms with Crippen molar-refractivity contribution in [3.8, 4) is 0 Å². The monoisotopic (exact) mass is 308 g/mol. The minimum Gasteiger partial charge on any atom is -0.455 e. The number of carbonyl (C=O) groups is 1. The largest absolute Gasteiger partial charge is 0.455 e. The van der Waals surface area contributed by atoms with Crippen LogP contribution < -0.4 is 0 Å². The molecule has 1 aromatic carbocycles. The average Bonchev–Trinajstić information content (AvgIpc) is 2.36. The van der Waals surface area contributed by atoms with Crippen LogP contribution in [0.5, 0.6) is 0 Å².